The Bertz CT molecular complexity index is 1080. The summed E-state index contributed by atoms with van der Waals surface area (Å²) in [5.74, 6) is 1.49. The van der Waals surface area contributed by atoms with Gasteiger partial charge < -0.3 is 19.9 Å². The third kappa shape index (κ3) is 4.24. The summed E-state index contributed by atoms with van der Waals surface area (Å²) < 4.78 is 11.5. The lowest BCUT2D eigenvalue weighted by atomic mass is 9.74. The summed E-state index contributed by atoms with van der Waals surface area (Å²) in [6, 6.07) is 12.2. The lowest BCUT2D eigenvalue weighted by molar-refractivity contribution is 0.0917. The fraction of sp³-hybridized carbons (Fsp3) is 0.481. The van der Waals surface area contributed by atoms with Gasteiger partial charge in [0.2, 0.25) is 0 Å². The molecule has 2 N–H and O–H groups in total. The van der Waals surface area contributed by atoms with Gasteiger partial charge >= 0.3 is 0 Å². The van der Waals surface area contributed by atoms with Crippen molar-refractivity contribution in [2.45, 2.75) is 69.6 Å². The maximum Gasteiger partial charge on any atom is 0.251 e. The first-order valence-electron chi connectivity index (χ1n) is 12.1. The fourth-order valence-electron chi connectivity index (χ4n) is 5.23. The van der Waals surface area contributed by atoms with Gasteiger partial charge in [-0.2, -0.15) is 0 Å². The molecule has 6 nitrogen and oxygen atoms in total. The topological polar surface area (TPSA) is 80.2 Å². The van der Waals surface area contributed by atoms with Crippen LogP contribution in [0.2, 0.25) is 0 Å². The van der Waals surface area contributed by atoms with Crippen LogP contribution < -0.4 is 14.8 Å². The molecule has 1 heterocycles. The van der Waals surface area contributed by atoms with Crippen LogP contribution in [-0.4, -0.2) is 48.6 Å². The van der Waals surface area contributed by atoms with Crippen molar-refractivity contribution in [3.8, 4) is 11.5 Å². The van der Waals surface area contributed by atoms with Gasteiger partial charge in [-0.15, -0.1) is 0 Å². The number of amides is 1. The molecule has 3 atom stereocenters. The molecule has 6 heteroatoms. The van der Waals surface area contributed by atoms with Crippen LogP contribution in [-0.2, 0) is 0 Å². The highest BCUT2D eigenvalue weighted by atomic mass is 16.5. The number of benzene rings is 2. The Labute approximate surface area is 195 Å². The molecule has 5 rings (SSSR count). The van der Waals surface area contributed by atoms with Gasteiger partial charge in [0, 0.05) is 28.7 Å². The molecule has 0 bridgehead atoms. The van der Waals surface area contributed by atoms with E-state index in [0.29, 0.717) is 36.1 Å². The molecule has 0 saturated heterocycles. The van der Waals surface area contributed by atoms with Gasteiger partial charge in [0.1, 0.15) is 0 Å². The van der Waals surface area contributed by atoms with Crippen molar-refractivity contribution in [1.82, 2.24) is 5.32 Å². The van der Waals surface area contributed by atoms with E-state index < -0.39 is 0 Å². The Morgan fingerprint density at radius 2 is 2.00 bits per heavy atom. The molecule has 0 radical (unpaired) electrons. The van der Waals surface area contributed by atoms with Gasteiger partial charge in [0.15, 0.2) is 11.5 Å². The highest BCUT2D eigenvalue weighted by Gasteiger charge is 2.37. The van der Waals surface area contributed by atoms with E-state index >= 15 is 0 Å². The van der Waals surface area contributed by atoms with Gasteiger partial charge in [-0.3, -0.25) is 9.79 Å². The zero-order chi connectivity index (χ0) is 22.9. The van der Waals surface area contributed by atoms with Gasteiger partial charge in [0.25, 0.3) is 5.91 Å². The summed E-state index contributed by atoms with van der Waals surface area (Å²) in [4.78, 5) is 18.0. The minimum atomic E-state index is -0.313. The first kappa shape index (κ1) is 22.0. The zero-order valence-electron chi connectivity index (χ0n) is 19.3. The molecule has 0 unspecified atom stereocenters. The highest BCUT2D eigenvalue weighted by Crippen LogP contribution is 2.45. The molecule has 3 aliphatic rings. The predicted octanol–water partition coefficient (Wildman–Crippen LogP) is 4.22. The number of hydrogen-bond acceptors (Lipinski definition) is 5. The molecule has 0 spiro atoms. The number of nitrogens with zero attached hydrogens (tertiary/aromatic N) is 1. The minimum Gasteiger partial charge on any atom is -0.493 e. The smallest absolute Gasteiger partial charge is 0.251 e. The molecule has 174 valence electrons. The van der Waals surface area contributed by atoms with Crippen molar-refractivity contribution < 1.29 is 19.4 Å². The van der Waals surface area contributed by atoms with Crippen molar-refractivity contribution in [3.05, 3.63) is 58.7 Å². The number of rotatable bonds is 6. The van der Waals surface area contributed by atoms with E-state index in [4.69, 9.17) is 14.5 Å². The van der Waals surface area contributed by atoms with Crippen LogP contribution in [0.15, 0.2) is 41.4 Å². The van der Waals surface area contributed by atoms with Crippen LogP contribution in [0.25, 0.3) is 0 Å². The lowest BCUT2D eigenvalue weighted by Gasteiger charge is -2.37. The molecule has 2 aromatic carbocycles. The van der Waals surface area contributed by atoms with E-state index in [1.165, 1.54) is 6.42 Å². The van der Waals surface area contributed by atoms with Crippen LogP contribution in [0.1, 0.15) is 78.4 Å². The number of methoxy groups -OCH3 is 1. The lowest BCUT2D eigenvalue weighted by Crippen LogP contribution is -2.39. The quantitative estimate of drug-likeness (QED) is 0.693. The fourth-order valence-corrected chi connectivity index (χ4v) is 5.23. The summed E-state index contributed by atoms with van der Waals surface area (Å²) in [7, 11) is 1.64. The number of aliphatic imine (C=N–C) groups is 1. The van der Waals surface area contributed by atoms with Crippen molar-refractivity contribution in [3.63, 3.8) is 0 Å². The van der Waals surface area contributed by atoms with Gasteiger partial charge in [0.05, 0.1) is 31.6 Å². The Kier molecular flexibility index (Phi) is 6.11. The maximum atomic E-state index is 12.8. The normalized spacial score (nSPS) is 24.1. The van der Waals surface area contributed by atoms with E-state index in [1.807, 2.05) is 37.3 Å². The van der Waals surface area contributed by atoms with Crippen LogP contribution in [0, 0.1) is 0 Å². The monoisotopic (exact) mass is 448 g/mol. The van der Waals surface area contributed by atoms with E-state index in [-0.39, 0.29) is 24.0 Å². The maximum absolute atomic E-state index is 12.8. The summed E-state index contributed by atoms with van der Waals surface area (Å²) >= 11 is 0. The standard InChI is InChI=1S/C27H32N2O4/c1-3-33-25-14-20-21-13-19(30)10-11-23(21)29-26(22(20)15-24(25)32-2)16-6-4-7-17(12-16)27(31)28-18-8-5-9-18/h4,6-7,12,14-15,18-19,21,23,30H,3,5,8-11,13H2,1-2H3,(H,28,31)/t19-,21-,23-/m1/s1. The average Bonchev–Trinajstić information content (AvgIpc) is 2.80. The molecular weight excluding hydrogens is 416 g/mol. The first-order valence-corrected chi connectivity index (χ1v) is 12.1. The zero-order valence-corrected chi connectivity index (χ0v) is 19.3. The van der Waals surface area contributed by atoms with Crippen molar-refractivity contribution >= 4 is 11.6 Å². The summed E-state index contributed by atoms with van der Waals surface area (Å²) in [5.41, 5.74) is 4.58. The number of hydrogen-bond donors (Lipinski definition) is 2. The summed E-state index contributed by atoms with van der Waals surface area (Å²) in [6.07, 6.45) is 5.27. The molecule has 2 saturated carbocycles. The third-order valence-electron chi connectivity index (χ3n) is 7.21. The van der Waals surface area contributed by atoms with Crippen molar-refractivity contribution in [1.29, 1.82) is 0 Å². The Hall–Kier alpha value is -2.86. The van der Waals surface area contributed by atoms with Gasteiger partial charge in [-0.25, -0.2) is 0 Å². The van der Waals surface area contributed by atoms with Crippen LogP contribution in [0.4, 0.5) is 0 Å². The average molecular weight is 449 g/mol. The number of aliphatic hydroxyl groups excluding tert-OH is 1. The summed E-state index contributed by atoms with van der Waals surface area (Å²) in [5, 5.41) is 13.5. The second-order valence-corrected chi connectivity index (χ2v) is 9.32. The number of ether oxygens (including phenoxy) is 2. The SMILES string of the molecule is CCOc1cc2c(cc1OC)C(c1cccc(C(=O)NC3CCC3)c1)=N[C@@H]1CC[C@@H](O)C[C@H]21. The molecule has 2 fully saturated rings. The molecule has 1 amide bonds. The van der Waals surface area contributed by atoms with E-state index in [1.54, 1.807) is 7.11 Å². The molecule has 0 aromatic heterocycles. The summed E-state index contributed by atoms with van der Waals surface area (Å²) in [6.45, 7) is 2.50. The third-order valence-corrected chi connectivity index (χ3v) is 7.21. The predicted molar refractivity (Wildman–Crippen MR) is 128 cm³/mol. The Morgan fingerprint density at radius 3 is 2.73 bits per heavy atom. The van der Waals surface area contributed by atoms with Crippen LogP contribution in [0.5, 0.6) is 11.5 Å². The van der Waals surface area contributed by atoms with Crippen molar-refractivity contribution in [2.24, 2.45) is 4.99 Å². The van der Waals surface area contributed by atoms with Crippen molar-refractivity contribution in [2.75, 3.05) is 13.7 Å². The number of nitrogens with one attached hydrogen (secondary N) is 1. The molecule has 2 aromatic rings. The van der Waals surface area contributed by atoms with E-state index in [0.717, 1.165) is 48.1 Å². The molecule has 2 aliphatic carbocycles. The second-order valence-electron chi connectivity index (χ2n) is 9.32. The van der Waals surface area contributed by atoms with Crippen LogP contribution >= 0.6 is 0 Å². The minimum absolute atomic E-state index is 0.0267. The van der Waals surface area contributed by atoms with Gasteiger partial charge in [-0.1, -0.05) is 12.1 Å². The molecule has 1 aliphatic heterocycles. The highest BCUT2D eigenvalue weighted by molar-refractivity contribution is 6.15. The second kappa shape index (κ2) is 9.18. The number of carbonyl (C=O) groups is 1. The van der Waals surface area contributed by atoms with Gasteiger partial charge in [-0.05, 0) is 75.3 Å². The largest absolute Gasteiger partial charge is 0.493 e. The van der Waals surface area contributed by atoms with Crippen LogP contribution in [0.3, 0.4) is 0 Å². The molecular formula is C27H32N2O4. The number of aliphatic hydroxyl groups is 1. The number of fused-ring (bicyclic) bond motifs is 3. The Balaban J connectivity index is 1.56. The van der Waals surface area contributed by atoms with E-state index in [2.05, 4.69) is 11.4 Å². The number of carbonyl (C=O) groups excluding carboxylic acids is 1. The Morgan fingerprint density at radius 1 is 1.15 bits per heavy atom. The first-order chi connectivity index (χ1) is 16.1. The van der Waals surface area contributed by atoms with E-state index in [9.17, 15) is 9.90 Å². The molecule has 33 heavy (non-hydrogen) atoms.